The number of aliphatic imine (C=N–C) groups is 1. The average molecular weight is 219 g/mol. The monoisotopic (exact) mass is 218 g/mol. The van der Waals surface area contributed by atoms with Gasteiger partial charge in [-0.1, -0.05) is 11.6 Å². The summed E-state index contributed by atoms with van der Waals surface area (Å²) in [5.41, 5.74) is 4.79. The number of fused-ring (bicyclic) bond motifs is 1. The van der Waals surface area contributed by atoms with Gasteiger partial charge in [0.15, 0.2) is 0 Å². The lowest BCUT2D eigenvalue weighted by atomic mass is 9.97. The molecule has 0 N–H and O–H groups in total. The molecule has 1 aliphatic rings. The highest BCUT2D eigenvalue weighted by Crippen LogP contribution is 2.35. The van der Waals surface area contributed by atoms with Crippen molar-refractivity contribution in [1.29, 1.82) is 5.26 Å². The van der Waals surface area contributed by atoms with Crippen molar-refractivity contribution < 1.29 is 0 Å². The SMILES string of the molecule is Cc1cc2c(c(Cl)c1C)CCC(C#N)=N2. The van der Waals surface area contributed by atoms with Gasteiger partial charge in [-0.15, -0.1) is 0 Å². The minimum Gasteiger partial charge on any atom is -0.242 e. The molecule has 0 spiro atoms. The van der Waals surface area contributed by atoms with Crippen molar-refractivity contribution in [3.63, 3.8) is 0 Å². The van der Waals surface area contributed by atoms with Gasteiger partial charge in [0.25, 0.3) is 0 Å². The third kappa shape index (κ3) is 1.64. The summed E-state index contributed by atoms with van der Waals surface area (Å²) in [6, 6.07) is 4.11. The quantitative estimate of drug-likeness (QED) is 0.657. The van der Waals surface area contributed by atoms with E-state index in [1.807, 2.05) is 19.9 Å². The Bertz CT molecular complexity index is 495. The fourth-order valence-electron chi connectivity index (χ4n) is 1.78. The lowest BCUT2D eigenvalue weighted by Gasteiger charge is -2.16. The maximum absolute atomic E-state index is 8.80. The molecule has 0 aliphatic carbocycles. The molecule has 0 radical (unpaired) electrons. The van der Waals surface area contributed by atoms with Gasteiger partial charge in [-0.05, 0) is 43.0 Å². The number of benzene rings is 1. The van der Waals surface area contributed by atoms with E-state index in [9.17, 15) is 0 Å². The van der Waals surface area contributed by atoms with E-state index in [0.29, 0.717) is 12.1 Å². The van der Waals surface area contributed by atoms with Gasteiger partial charge in [-0.25, -0.2) is 4.99 Å². The zero-order valence-corrected chi connectivity index (χ0v) is 9.52. The van der Waals surface area contributed by atoms with Crippen molar-refractivity contribution in [2.75, 3.05) is 0 Å². The molecule has 2 nitrogen and oxygen atoms in total. The van der Waals surface area contributed by atoms with Gasteiger partial charge in [0.2, 0.25) is 0 Å². The first-order valence-corrected chi connectivity index (χ1v) is 5.27. The minimum absolute atomic E-state index is 0.599. The van der Waals surface area contributed by atoms with Crippen LogP contribution in [0.25, 0.3) is 0 Å². The summed E-state index contributed by atoms with van der Waals surface area (Å²) >= 11 is 6.26. The van der Waals surface area contributed by atoms with Crippen LogP contribution in [0.3, 0.4) is 0 Å². The van der Waals surface area contributed by atoms with Crippen molar-refractivity contribution in [3.8, 4) is 6.07 Å². The van der Waals surface area contributed by atoms with Gasteiger partial charge in [0.1, 0.15) is 11.8 Å². The number of rotatable bonds is 0. The Balaban J connectivity index is 2.65. The Labute approximate surface area is 94.2 Å². The smallest absolute Gasteiger partial charge is 0.118 e. The number of hydrogen-bond acceptors (Lipinski definition) is 2. The molecule has 0 saturated carbocycles. The molecule has 2 rings (SSSR count). The number of aryl methyl sites for hydroxylation is 1. The van der Waals surface area contributed by atoms with Gasteiger partial charge in [0.05, 0.1) is 5.69 Å². The normalized spacial score (nSPS) is 14.1. The molecule has 15 heavy (non-hydrogen) atoms. The molecule has 1 aromatic carbocycles. The summed E-state index contributed by atoms with van der Waals surface area (Å²) in [5.74, 6) is 0. The zero-order chi connectivity index (χ0) is 11.0. The van der Waals surface area contributed by atoms with E-state index in [1.165, 1.54) is 0 Å². The van der Waals surface area contributed by atoms with E-state index >= 15 is 0 Å². The second-order valence-electron chi connectivity index (χ2n) is 3.80. The second kappa shape index (κ2) is 3.67. The molecule has 0 unspecified atom stereocenters. The standard InChI is InChI=1S/C12H11ClN2/c1-7-5-11-10(12(13)8(7)2)4-3-9(6-14)15-11/h5H,3-4H2,1-2H3. The Hall–Kier alpha value is -1.33. The minimum atomic E-state index is 0.599. The van der Waals surface area contributed by atoms with Crippen molar-refractivity contribution in [3.05, 3.63) is 27.8 Å². The van der Waals surface area contributed by atoms with Crippen molar-refractivity contribution >= 4 is 23.0 Å². The highest BCUT2D eigenvalue weighted by Gasteiger charge is 2.17. The highest BCUT2D eigenvalue weighted by molar-refractivity contribution is 6.32. The topological polar surface area (TPSA) is 36.1 Å². The van der Waals surface area contributed by atoms with Crippen LogP contribution in [0.4, 0.5) is 5.69 Å². The molecule has 0 amide bonds. The maximum Gasteiger partial charge on any atom is 0.118 e. The van der Waals surface area contributed by atoms with Crippen LogP contribution in [0.5, 0.6) is 0 Å². The third-order valence-electron chi connectivity index (χ3n) is 2.84. The Morgan fingerprint density at radius 3 is 2.80 bits per heavy atom. The predicted octanol–water partition coefficient (Wildman–Crippen LogP) is 3.50. The fraction of sp³-hybridized carbons (Fsp3) is 0.333. The first-order chi connectivity index (χ1) is 7.13. The molecular weight excluding hydrogens is 208 g/mol. The lowest BCUT2D eigenvalue weighted by Crippen LogP contribution is -2.05. The summed E-state index contributed by atoms with van der Waals surface area (Å²) in [6.45, 7) is 4.03. The summed E-state index contributed by atoms with van der Waals surface area (Å²) in [5, 5.41) is 9.61. The molecule has 0 bridgehead atoms. The van der Waals surface area contributed by atoms with E-state index < -0.39 is 0 Å². The first-order valence-electron chi connectivity index (χ1n) is 4.89. The van der Waals surface area contributed by atoms with Crippen LogP contribution < -0.4 is 0 Å². The van der Waals surface area contributed by atoms with E-state index in [0.717, 1.165) is 33.8 Å². The molecule has 76 valence electrons. The Kier molecular flexibility index (Phi) is 2.50. The van der Waals surface area contributed by atoms with Gasteiger partial charge < -0.3 is 0 Å². The van der Waals surface area contributed by atoms with Crippen molar-refractivity contribution in [2.45, 2.75) is 26.7 Å². The van der Waals surface area contributed by atoms with Gasteiger partial charge in [-0.3, -0.25) is 0 Å². The molecule has 3 heteroatoms. The number of nitrogens with zero attached hydrogens (tertiary/aromatic N) is 2. The third-order valence-corrected chi connectivity index (χ3v) is 3.36. The summed E-state index contributed by atoms with van der Waals surface area (Å²) in [4.78, 5) is 4.30. The number of nitriles is 1. The van der Waals surface area contributed by atoms with Crippen molar-refractivity contribution in [2.24, 2.45) is 4.99 Å². The second-order valence-corrected chi connectivity index (χ2v) is 4.18. The summed E-state index contributed by atoms with van der Waals surface area (Å²) in [6.07, 6.45) is 1.52. The maximum atomic E-state index is 8.80. The molecule has 0 fully saturated rings. The molecule has 0 aromatic heterocycles. The fourth-order valence-corrected chi connectivity index (χ4v) is 2.12. The van der Waals surface area contributed by atoms with Crippen LogP contribution in [0.15, 0.2) is 11.1 Å². The van der Waals surface area contributed by atoms with E-state index in [1.54, 1.807) is 0 Å². The summed E-state index contributed by atoms with van der Waals surface area (Å²) in [7, 11) is 0. The van der Waals surface area contributed by atoms with Crippen LogP contribution in [0.2, 0.25) is 5.02 Å². The number of hydrogen-bond donors (Lipinski definition) is 0. The van der Waals surface area contributed by atoms with Crippen molar-refractivity contribution in [1.82, 2.24) is 0 Å². The first kappa shape index (κ1) is 10.2. The molecule has 1 aliphatic heterocycles. The molecule has 0 saturated heterocycles. The van der Waals surface area contributed by atoms with Crippen LogP contribution >= 0.6 is 11.6 Å². The van der Waals surface area contributed by atoms with Gasteiger partial charge >= 0.3 is 0 Å². The van der Waals surface area contributed by atoms with Gasteiger partial charge in [-0.2, -0.15) is 5.26 Å². The zero-order valence-electron chi connectivity index (χ0n) is 8.76. The van der Waals surface area contributed by atoms with E-state index in [-0.39, 0.29) is 0 Å². The number of halogens is 1. The molecule has 0 atom stereocenters. The predicted molar refractivity (Wildman–Crippen MR) is 62.0 cm³/mol. The molecular formula is C12H11ClN2. The summed E-state index contributed by atoms with van der Waals surface area (Å²) < 4.78 is 0. The Morgan fingerprint density at radius 2 is 2.13 bits per heavy atom. The van der Waals surface area contributed by atoms with Crippen LogP contribution in [0.1, 0.15) is 23.1 Å². The van der Waals surface area contributed by atoms with Gasteiger partial charge in [0, 0.05) is 11.4 Å². The average Bonchev–Trinajstić information content (AvgIpc) is 2.25. The van der Waals surface area contributed by atoms with Crippen LogP contribution in [-0.2, 0) is 6.42 Å². The van der Waals surface area contributed by atoms with Crippen LogP contribution in [-0.4, -0.2) is 5.71 Å². The highest BCUT2D eigenvalue weighted by atomic mass is 35.5. The van der Waals surface area contributed by atoms with E-state index in [4.69, 9.17) is 16.9 Å². The van der Waals surface area contributed by atoms with Crippen LogP contribution in [0, 0.1) is 25.2 Å². The largest absolute Gasteiger partial charge is 0.242 e. The Morgan fingerprint density at radius 1 is 1.40 bits per heavy atom. The van der Waals surface area contributed by atoms with E-state index in [2.05, 4.69) is 11.1 Å². The molecule has 1 heterocycles. The molecule has 1 aromatic rings. The lowest BCUT2D eigenvalue weighted by molar-refractivity contribution is 1.01.